The molecule has 0 aliphatic rings. The first kappa shape index (κ1) is 7.56. The van der Waals surface area contributed by atoms with Gasteiger partial charge in [0.2, 0.25) is 0 Å². The number of nitrogens with zero attached hydrogens (tertiary/aromatic N) is 1. The maximum atomic E-state index is 5.33. The fraction of sp³-hybridized carbons (Fsp3) is 0.0833. The van der Waals surface area contributed by atoms with Gasteiger partial charge in [-0.15, -0.1) is 0 Å². The monoisotopic (exact) mass is 183 g/mol. The number of aromatic nitrogens is 1. The Hall–Kier alpha value is -1.83. The van der Waals surface area contributed by atoms with Gasteiger partial charge >= 0.3 is 0 Å². The molecule has 0 atom stereocenters. The molecule has 2 nitrogen and oxygen atoms in total. The molecule has 3 aromatic rings. The fourth-order valence-electron chi connectivity index (χ4n) is 1.76. The highest BCUT2D eigenvalue weighted by atomic mass is 16.3. The molecule has 0 spiro atoms. The summed E-state index contributed by atoms with van der Waals surface area (Å²) >= 11 is 0. The van der Waals surface area contributed by atoms with E-state index in [0.717, 1.165) is 27.6 Å². The van der Waals surface area contributed by atoms with Gasteiger partial charge < -0.3 is 4.42 Å². The number of furan rings is 1. The van der Waals surface area contributed by atoms with Crippen LogP contribution in [0.5, 0.6) is 0 Å². The summed E-state index contributed by atoms with van der Waals surface area (Å²) < 4.78 is 5.33. The standard InChI is InChI=1S/C12H9NO/c1-8-2-3-9-10-6-7-14-12(10)5-4-11(9)13-8/h2-7H,1H3. The van der Waals surface area contributed by atoms with E-state index < -0.39 is 0 Å². The molecule has 2 heteroatoms. The molecule has 68 valence electrons. The summed E-state index contributed by atoms with van der Waals surface area (Å²) in [6.45, 7) is 2.00. The van der Waals surface area contributed by atoms with Gasteiger partial charge in [-0.1, -0.05) is 6.07 Å². The number of hydrogen-bond acceptors (Lipinski definition) is 2. The van der Waals surface area contributed by atoms with Gasteiger partial charge in [0, 0.05) is 16.5 Å². The molecule has 0 fully saturated rings. The zero-order valence-electron chi connectivity index (χ0n) is 7.82. The van der Waals surface area contributed by atoms with Crippen molar-refractivity contribution in [2.75, 3.05) is 0 Å². The summed E-state index contributed by atoms with van der Waals surface area (Å²) in [6, 6.07) is 10.1. The second-order valence-electron chi connectivity index (χ2n) is 3.42. The molecule has 0 unspecified atom stereocenters. The van der Waals surface area contributed by atoms with Crippen LogP contribution in [0.15, 0.2) is 41.0 Å². The van der Waals surface area contributed by atoms with Crippen molar-refractivity contribution in [3.63, 3.8) is 0 Å². The third-order valence-corrected chi connectivity index (χ3v) is 2.44. The van der Waals surface area contributed by atoms with Gasteiger partial charge in [-0.05, 0) is 31.2 Å². The van der Waals surface area contributed by atoms with E-state index in [4.69, 9.17) is 4.42 Å². The maximum absolute atomic E-state index is 5.33. The molecule has 0 radical (unpaired) electrons. The van der Waals surface area contributed by atoms with Crippen molar-refractivity contribution in [2.45, 2.75) is 6.92 Å². The Morgan fingerprint density at radius 2 is 1.93 bits per heavy atom. The summed E-state index contributed by atoms with van der Waals surface area (Å²) in [7, 11) is 0. The number of hydrogen-bond donors (Lipinski definition) is 0. The van der Waals surface area contributed by atoms with Crippen LogP contribution >= 0.6 is 0 Å². The quantitative estimate of drug-likeness (QED) is 0.534. The van der Waals surface area contributed by atoms with Gasteiger partial charge in [-0.3, -0.25) is 4.98 Å². The zero-order valence-corrected chi connectivity index (χ0v) is 7.82. The average Bonchev–Trinajstić information content (AvgIpc) is 2.65. The highest BCUT2D eigenvalue weighted by molar-refractivity contribution is 6.04. The lowest BCUT2D eigenvalue weighted by molar-refractivity contribution is 0.616. The predicted octanol–water partition coefficient (Wildman–Crippen LogP) is 3.29. The lowest BCUT2D eigenvalue weighted by Crippen LogP contribution is -1.82. The van der Waals surface area contributed by atoms with Crippen LogP contribution in [0.4, 0.5) is 0 Å². The molecule has 0 N–H and O–H groups in total. The topological polar surface area (TPSA) is 26.0 Å². The largest absolute Gasteiger partial charge is 0.464 e. The molecule has 1 aromatic carbocycles. The van der Waals surface area contributed by atoms with Gasteiger partial charge in [0.15, 0.2) is 0 Å². The number of rotatable bonds is 0. The Labute approximate surface area is 81.2 Å². The Balaban J connectivity index is 2.57. The summed E-state index contributed by atoms with van der Waals surface area (Å²) in [5.41, 5.74) is 2.99. The van der Waals surface area contributed by atoms with Gasteiger partial charge in [0.1, 0.15) is 5.58 Å². The van der Waals surface area contributed by atoms with Crippen LogP contribution in [0, 0.1) is 6.92 Å². The number of pyridine rings is 1. The number of fused-ring (bicyclic) bond motifs is 3. The molecule has 2 aromatic heterocycles. The van der Waals surface area contributed by atoms with Crippen molar-refractivity contribution in [3.8, 4) is 0 Å². The number of aryl methyl sites for hydroxylation is 1. The van der Waals surface area contributed by atoms with Gasteiger partial charge in [-0.2, -0.15) is 0 Å². The summed E-state index contributed by atoms with van der Waals surface area (Å²) in [4.78, 5) is 4.46. The van der Waals surface area contributed by atoms with E-state index in [1.165, 1.54) is 0 Å². The van der Waals surface area contributed by atoms with Gasteiger partial charge in [-0.25, -0.2) is 0 Å². The molecule has 3 rings (SSSR count). The fourth-order valence-corrected chi connectivity index (χ4v) is 1.76. The smallest absolute Gasteiger partial charge is 0.134 e. The first-order chi connectivity index (χ1) is 6.84. The minimum absolute atomic E-state index is 0.920. The first-order valence-electron chi connectivity index (χ1n) is 4.58. The molecule has 0 aliphatic heterocycles. The molecule has 0 aliphatic carbocycles. The molecule has 14 heavy (non-hydrogen) atoms. The normalized spacial score (nSPS) is 11.2. The SMILES string of the molecule is Cc1ccc2c(ccc3occc32)n1. The van der Waals surface area contributed by atoms with Crippen LogP contribution in [0.25, 0.3) is 21.9 Å². The number of benzene rings is 1. The summed E-state index contributed by atoms with van der Waals surface area (Å²) in [6.07, 6.45) is 1.71. The maximum Gasteiger partial charge on any atom is 0.134 e. The van der Waals surface area contributed by atoms with Gasteiger partial charge in [0.25, 0.3) is 0 Å². The third kappa shape index (κ3) is 0.940. The van der Waals surface area contributed by atoms with E-state index >= 15 is 0 Å². The van der Waals surface area contributed by atoms with Crippen LogP contribution in [-0.4, -0.2) is 4.98 Å². The molecule has 2 heterocycles. The van der Waals surface area contributed by atoms with E-state index in [1.54, 1.807) is 6.26 Å². The minimum atomic E-state index is 0.920. The first-order valence-corrected chi connectivity index (χ1v) is 4.58. The van der Waals surface area contributed by atoms with Crippen LogP contribution in [-0.2, 0) is 0 Å². The second kappa shape index (κ2) is 2.58. The van der Waals surface area contributed by atoms with Crippen molar-refractivity contribution >= 4 is 21.9 Å². The Morgan fingerprint density at radius 3 is 2.86 bits per heavy atom. The highest BCUT2D eigenvalue weighted by Gasteiger charge is 2.02. The Morgan fingerprint density at radius 1 is 1.00 bits per heavy atom. The summed E-state index contributed by atoms with van der Waals surface area (Å²) in [5.74, 6) is 0. The van der Waals surface area contributed by atoms with Gasteiger partial charge in [0.05, 0.1) is 11.8 Å². The van der Waals surface area contributed by atoms with E-state index in [9.17, 15) is 0 Å². The van der Waals surface area contributed by atoms with Crippen molar-refractivity contribution in [1.29, 1.82) is 0 Å². The minimum Gasteiger partial charge on any atom is -0.464 e. The Bertz CT molecular complexity index is 610. The molecule has 0 saturated carbocycles. The zero-order chi connectivity index (χ0) is 9.54. The van der Waals surface area contributed by atoms with Crippen molar-refractivity contribution in [1.82, 2.24) is 4.98 Å². The van der Waals surface area contributed by atoms with Crippen LogP contribution in [0.1, 0.15) is 5.69 Å². The lowest BCUT2D eigenvalue weighted by atomic mass is 10.1. The van der Waals surface area contributed by atoms with E-state index in [2.05, 4.69) is 11.1 Å². The third-order valence-electron chi connectivity index (χ3n) is 2.44. The molecule has 0 bridgehead atoms. The van der Waals surface area contributed by atoms with E-state index in [1.807, 2.05) is 31.2 Å². The van der Waals surface area contributed by atoms with Crippen LogP contribution < -0.4 is 0 Å². The summed E-state index contributed by atoms with van der Waals surface area (Å²) in [5, 5.41) is 2.29. The molecule has 0 saturated heterocycles. The molecule has 0 amide bonds. The molecular weight excluding hydrogens is 174 g/mol. The van der Waals surface area contributed by atoms with Crippen molar-refractivity contribution in [2.24, 2.45) is 0 Å². The molecular formula is C12H9NO. The van der Waals surface area contributed by atoms with Crippen LogP contribution in [0.3, 0.4) is 0 Å². The van der Waals surface area contributed by atoms with E-state index in [0.29, 0.717) is 0 Å². The average molecular weight is 183 g/mol. The predicted molar refractivity (Wildman–Crippen MR) is 56.3 cm³/mol. The Kier molecular flexibility index (Phi) is 1.39. The second-order valence-corrected chi connectivity index (χ2v) is 3.42. The van der Waals surface area contributed by atoms with Crippen LogP contribution in [0.2, 0.25) is 0 Å². The van der Waals surface area contributed by atoms with E-state index in [-0.39, 0.29) is 0 Å². The van der Waals surface area contributed by atoms with Crippen molar-refractivity contribution in [3.05, 3.63) is 42.3 Å². The highest BCUT2D eigenvalue weighted by Crippen LogP contribution is 2.24. The lowest BCUT2D eigenvalue weighted by Gasteiger charge is -1.98. The van der Waals surface area contributed by atoms with Crippen molar-refractivity contribution < 1.29 is 4.42 Å².